The maximum absolute atomic E-state index is 11.7. The van der Waals surface area contributed by atoms with Crippen molar-refractivity contribution in [3.63, 3.8) is 0 Å². The summed E-state index contributed by atoms with van der Waals surface area (Å²) in [6.45, 7) is 2.86. The summed E-state index contributed by atoms with van der Waals surface area (Å²) in [5.41, 5.74) is 0. The lowest BCUT2D eigenvalue weighted by atomic mass is 10.0. The Morgan fingerprint density at radius 2 is 1.00 bits per heavy atom. The van der Waals surface area contributed by atoms with Crippen molar-refractivity contribution < 1.29 is 14.3 Å². The van der Waals surface area contributed by atoms with Gasteiger partial charge in [-0.1, -0.05) is 116 Å². The lowest BCUT2D eigenvalue weighted by Crippen LogP contribution is -2.05. The minimum Gasteiger partial charge on any atom is -0.466 e. The minimum absolute atomic E-state index is 0.0121. The van der Waals surface area contributed by atoms with Crippen molar-refractivity contribution in [3.8, 4) is 0 Å². The average Bonchev–Trinajstić information content (AvgIpc) is 2.72. The average molecular weight is 411 g/mol. The molecule has 0 heterocycles. The first kappa shape index (κ1) is 28.1. The van der Waals surface area contributed by atoms with Gasteiger partial charge in [-0.15, -0.1) is 0 Å². The largest absolute Gasteiger partial charge is 0.466 e. The highest BCUT2D eigenvalue weighted by Crippen LogP contribution is 2.13. The standard InChI is InChI=1S/C26H50O3/c1-2-3-4-5-6-7-8-9-10-11-14-17-20-23-26(28)29-25-22-19-16-13-12-15-18-21-24-27/h24H,2-23,25H2,1H3. The maximum Gasteiger partial charge on any atom is 0.305 e. The van der Waals surface area contributed by atoms with Gasteiger partial charge in [0.05, 0.1) is 6.61 Å². The van der Waals surface area contributed by atoms with Crippen molar-refractivity contribution in [1.82, 2.24) is 0 Å². The first-order valence-electron chi connectivity index (χ1n) is 12.9. The molecule has 29 heavy (non-hydrogen) atoms. The smallest absolute Gasteiger partial charge is 0.305 e. The van der Waals surface area contributed by atoms with Gasteiger partial charge in [0.25, 0.3) is 0 Å². The summed E-state index contributed by atoms with van der Waals surface area (Å²) in [6, 6.07) is 0. The minimum atomic E-state index is -0.0121. The number of carbonyl (C=O) groups is 2. The van der Waals surface area contributed by atoms with Crippen molar-refractivity contribution >= 4 is 12.3 Å². The maximum atomic E-state index is 11.7. The van der Waals surface area contributed by atoms with E-state index in [2.05, 4.69) is 6.92 Å². The molecule has 3 heteroatoms. The van der Waals surface area contributed by atoms with Gasteiger partial charge in [0.1, 0.15) is 6.29 Å². The van der Waals surface area contributed by atoms with Crippen LogP contribution in [-0.4, -0.2) is 18.9 Å². The Labute approximate surface area is 181 Å². The zero-order valence-corrected chi connectivity index (χ0v) is 19.6. The van der Waals surface area contributed by atoms with Crippen LogP contribution in [0.5, 0.6) is 0 Å². The second-order valence-corrected chi connectivity index (χ2v) is 8.64. The number of unbranched alkanes of at least 4 members (excludes halogenated alkanes) is 19. The highest BCUT2D eigenvalue weighted by molar-refractivity contribution is 5.69. The zero-order valence-electron chi connectivity index (χ0n) is 19.6. The summed E-state index contributed by atoms with van der Waals surface area (Å²) in [5, 5.41) is 0. The van der Waals surface area contributed by atoms with Gasteiger partial charge in [0.2, 0.25) is 0 Å². The number of carbonyl (C=O) groups excluding carboxylic acids is 2. The summed E-state index contributed by atoms with van der Waals surface area (Å²) in [5.74, 6) is -0.0121. The molecule has 0 radical (unpaired) electrons. The van der Waals surface area contributed by atoms with Crippen LogP contribution in [0.1, 0.15) is 148 Å². The number of esters is 1. The highest BCUT2D eigenvalue weighted by atomic mass is 16.5. The van der Waals surface area contributed by atoms with Gasteiger partial charge in [0, 0.05) is 12.8 Å². The molecule has 0 spiro atoms. The molecule has 0 saturated heterocycles. The number of aldehydes is 1. The van der Waals surface area contributed by atoms with Crippen LogP contribution in [0, 0.1) is 0 Å². The SMILES string of the molecule is CCCCCCCCCCCCCCCC(=O)OCCCCCCCCCC=O. The Hall–Kier alpha value is -0.860. The van der Waals surface area contributed by atoms with Crippen molar-refractivity contribution in [2.24, 2.45) is 0 Å². The van der Waals surface area contributed by atoms with E-state index in [1.165, 1.54) is 89.9 Å². The molecule has 0 rings (SSSR count). The summed E-state index contributed by atoms with van der Waals surface area (Å²) in [4.78, 5) is 21.9. The number of rotatable bonds is 24. The first-order chi connectivity index (χ1) is 14.3. The van der Waals surface area contributed by atoms with E-state index in [0.29, 0.717) is 19.4 Å². The van der Waals surface area contributed by atoms with Gasteiger partial charge in [-0.2, -0.15) is 0 Å². The molecule has 0 aromatic heterocycles. The first-order valence-corrected chi connectivity index (χ1v) is 12.9. The molecular formula is C26H50O3. The lowest BCUT2D eigenvalue weighted by molar-refractivity contribution is -0.143. The van der Waals surface area contributed by atoms with Crippen LogP contribution in [0.3, 0.4) is 0 Å². The van der Waals surface area contributed by atoms with Crippen LogP contribution < -0.4 is 0 Å². The van der Waals surface area contributed by atoms with E-state index >= 15 is 0 Å². The van der Waals surface area contributed by atoms with E-state index in [4.69, 9.17) is 4.74 Å². The monoisotopic (exact) mass is 410 g/mol. The molecule has 0 N–H and O–H groups in total. The molecule has 0 aliphatic carbocycles. The lowest BCUT2D eigenvalue weighted by Gasteiger charge is -2.05. The molecular weight excluding hydrogens is 360 g/mol. The van der Waals surface area contributed by atoms with Crippen molar-refractivity contribution in [2.45, 2.75) is 148 Å². The van der Waals surface area contributed by atoms with Crippen molar-refractivity contribution in [2.75, 3.05) is 6.61 Å². The molecule has 0 unspecified atom stereocenters. The topological polar surface area (TPSA) is 43.4 Å². The summed E-state index contributed by atoms with van der Waals surface area (Å²) >= 11 is 0. The Morgan fingerprint density at radius 1 is 0.586 bits per heavy atom. The van der Waals surface area contributed by atoms with Crippen molar-refractivity contribution in [3.05, 3.63) is 0 Å². The van der Waals surface area contributed by atoms with Crippen LogP contribution in [0.2, 0.25) is 0 Å². The zero-order chi connectivity index (χ0) is 21.3. The van der Waals surface area contributed by atoms with E-state index < -0.39 is 0 Å². The normalized spacial score (nSPS) is 10.9. The van der Waals surface area contributed by atoms with E-state index in [0.717, 1.165) is 44.8 Å². The van der Waals surface area contributed by atoms with E-state index in [1.54, 1.807) is 0 Å². The third-order valence-corrected chi connectivity index (χ3v) is 5.71. The van der Waals surface area contributed by atoms with Crippen LogP contribution in [0.25, 0.3) is 0 Å². The molecule has 0 fully saturated rings. The number of hydrogen-bond acceptors (Lipinski definition) is 3. The molecule has 0 saturated carbocycles. The van der Waals surface area contributed by atoms with Gasteiger partial charge in [-0.05, 0) is 19.3 Å². The Morgan fingerprint density at radius 3 is 1.48 bits per heavy atom. The number of hydrogen-bond donors (Lipinski definition) is 0. The highest BCUT2D eigenvalue weighted by Gasteiger charge is 2.02. The van der Waals surface area contributed by atoms with Gasteiger partial charge in [-0.3, -0.25) is 4.79 Å². The van der Waals surface area contributed by atoms with Gasteiger partial charge in [0.15, 0.2) is 0 Å². The quantitative estimate of drug-likeness (QED) is 0.0912. The summed E-state index contributed by atoms with van der Waals surface area (Å²) in [7, 11) is 0. The summed E-state index contributed by atoms with van der Waals surface area (Å²) in [6.07, 6.45) is 27.5. The molecule has 0 aliphatic heterocycles. The fraction of sp³-hybridized carbons (Fsp3) is 0.923. The van der Waals surface area contributed by atoms with E-state index in [-0.39, 0.29) is 5.97 Å². The van der Waals surface area contributed by atoms with Gasteiger partial charge in [-0.25, -0.2) is 0 Å². The molecule has 0 aromatic carbocycles. The Bertz CT molecular complexity index is 341. The van der Waals surface area contributed by atoms with E-state index in [9.17, 15) is 9.59 Å². The molecule has 0 aromatic rings. The van der Waals surface area contributed by atoms with Crippen LogP contribution in [0.4, 0.5) is 0 Å². The second-order valence-electron chi connectivity index (χ2n) is 8.64. The van der Waals surface area contributed by atoms with Gasteiger partial charge >= 0.3 is 5.97 Å². The van der Waals surface area contributed by atoms with E-state index in [1.807, 2.05) is 0 Å². The summed E-state index contributed by atoms with van der Waals surface area (Å²) < 4.78 is 5.33. The third-order valence-electron chi connectivity index (χ3n) is 5.71. The fourth-order valence-electron chi connectivity index (χ4n) is 3.76. The number of ether oxygens (including phenoxy) is 1. The Kier molecular flexibility index (Phi) is 24.4. The van der Waals surface area contributed by atoms with Crippen LogP contribution in [0.15, 0.2) is 0 Å². The molecule has 0 amide bonds. The second kappa shape index (κ2) is 25.2. The molecule has 0 bridgehead atoms. The molecule has 3 nitrogen and oxygen atoms in total. The molecule has 0 aliphatic rings. The predicted octanol–water partition coefficient (Wildman–Crippen LogP) is 8.33. The predicted molar refractivity (Wildman–Crippen MR) is 124 cm³/mol. The Balaban J connectivity index is 3.14. The molecule has 172 valence electrons. The molecule has 0 atom stereocenters. The van der Waals surface area contributed by atoms with Gasteiger partial charge < -0.3 is 9.53 Å². The fourth-order valence-corrected chi connectivity index (χ4v) is 3.76. The van der Waals surface area contributed by atoms with Crippen LogP contribution >= 0.6 is 0 Å². The van der Waals surface area contributed by atoms with Crippen LogP contribution in [-0.2, 0) is 14.3 Å². The van der Waals surface area contributed by atoms with Crippen molar-refractivity contribution in [1.29, 1.82) is 0 Å². The third kappa shape index (κ3) is 25.1.